The maximum absolute atomic E-state index is 4.50. The summed E-state index contributed by atoms with van der Waals surface area (Å²) in [5.74, 6) is 1.27. The lowest BCUT2D eigenvalue weighted by Crippen LogP contribution is -2.02. The van der Waals surface area contributed by atoms with Crippen molar-refractivity contribution in [2.75, 3.05) is 0 Å². The first-order valence-corrected chi connectivity index (χ1v) is 5.51. The molecule has 0 amide bonds. The van der Waals surface area contributed by atoms with Crippen LogP contribution in [0.5, 0.6) is 0 Å². The van der Waals surface area contributed by atoms with E-state index in [0.717, 1.165) is 23.5 Å². The highest BCUT2D eigenvalue weighted by Crippen LogP contribution is 2.17. The number of nitrogens with zero attached hydrogens (tertiary/aromatic N) is 2. The van der Waals surface area contributed by atoms with Crippen molar-refractivity contribution in [2.24, 2.45) is 0 Å². The summed E-state index contributed by atoms with van der Waals surface area (Å²) in [7, 11) is 0. The lowest BCUT2D eigenvalue weighted by Gasteiger charge is -2.08. The molecule has 1 aromatic heterocycles. The molecule has 0 aliphatic heterocycles. The fourth-order valence-electron chi connectivity index (χ4n) is 1.30. The van der Waals surface area contributed by atoms with Gasteiger partial charge in [-0.1, -0.05) is 45.2 Å². The van der Waals surface area contributed by atoms with Gasteiger partial charge in [0.2, 0.25) is 0 Å². The summed E-state index contributed by atoms with van der Waals surface area (Å²) in [6, 6.07) is 0. The van der Waals surface area contributed by atoms with E-state index in [2.05, 4.69) is 37.0 Å². The van der Waals surface area contributed by atoms with E-state index in [4.69, 9.17) is 0 Å². The highest BCUT2D eigenvalue weighted by atomic mass is 14.9. The summed E-state index contributed by atoms with van der Waals surface area (Å²) in [5, 5.41) is 0. The normalized spacial score (nSPS) is 12.6. The molecule has 0 radical (unpaired) electrons. The average Bonchev–Trinajstić information content (AvgIpc) is 2.35. The lowest BCUT2D eigenvalue weighted by molar-refractivity contribution is 0.676. The Morgan fingerprint density at radius 1 is 1.44 bits per heavy atom. The molecule has 0 bridgehead atoms. The predicted molar refractivity (Wildman–Crippen MR) is 70.1 cm³/mol. The number of hydrogen-bond acceptors (Lipinski definition) is 2. The van der Waals surface area contributed by atoms with Crippen LogP contribution in [0.2, 0.25) is 0 Å². The highest BCUT2D eigenvalue weighted by molar-refractivity contribution is 5.61. The number of aromatic nitrogens is 2. The zero-order valence-electron chi connectivity index (χ0n) is 9.98. The smallest absolute Gasteiger partial charge is 0.131 e. The minimum absolute atomic E-state index is 0.385. The molecule has 1 unspecified atom stereocenters. The van der Waals surface area contributed by atoms with E-state index in [9.17, 15) is 0 Å². The van der Waals surface area contributed by atoms with Crippen molar-refractivity contribution in [3.8, 4) is 0 Å². The van der Waals surface area contributed by atoms with E-state index in [1.54, 1.807) is 12.2 Å². The minimum atomic E-state index is 0.385. The largest absolute Gasteiger partial charge is 0.240 e. The predicted octanol–water partition coefficient (Wildman–Crippen LogP) is 3.83. The van der Waals surface area contributed by atoms with Gasteiger partial charge in [0.15, 0.2) is 0 Å². The number of hydrogen-bond donors (Lipinski definition) is 0. The van der Waals surface area contributed by atoms with Crippen molar-refractivity contribution < 1.29 is 0 Å². The molecule has 2 heteroatoms. The van der Waals surface area contributed by atoms with Crippen LogP contribution in [0.4, 0.5) is 0 Å². The van der Waals surface area contributed by atoms with Gasteiger partial charge >= 0.3 is 0 Å². The molecule has 1 aromatic rings. The molecule has 0 fully saturated rings. The van der Waals surface area contributed by atoms with Gasteiger partial charge in [-0.25, -0.2) is 9.97 Å². The Morgan fingerprint density at radius 3 is 2.75 bits per heavy atom. The molecule has 0 aliphatic rings. The number of rotatable bonds is 5. The maximum atomic E-state index is 4.50. The number of allylic oxidation sites excluding steroid dienone is 2. The highest BCUT2D eigenvalue weighted by Gasteiger charge is 2.08. The Hall–Kier alpha value is -1.70. The van der Waals surface area contributed by atoms with Crippen LogP contribution in [0.15, 0.2) is 31.5 Å². The van der Waals surface area contributed by atoms with Gasteiger partial charge in [0.1, 0.15) is 5.82 Å². The fraction of sp³-hybridized carbons (Fsp3) is 0.286. The van der Waals surface area contributed by atoms with Gasteiger partial charge in [-0.05, 0) is 12.5 Å². The summed E-state index contributed by atoms with van der Waals surface area (Å²) in [5.41, 5.74) is 1.85. The van der Waals surface area contributed by atoms with Crippen LogP contribution >= 0.6 is 0 Å². The maximum Gasteiger partial charge on any atom is 0.131 e. The van der Waals surface area contributed by atoms with E-state index in [1.165, 1.54) is 0 Å². The van der Waals surface area contributed by atoms with E-state index >= 15 is 0 Å². The van der Waals surface area contributed by atoms with Crippen molar-refractivity contribution in [1.29, 1.82) is 0 Å². The van der Waals surface area contributed by atoms with E-state index in [0.29, 0.717) is 5.92 Å². The Labute approximate surface area is 97.5 Å². The molecule has 84 valence electrons. The first-order valence-electron chi connectivity index (χ1n) is 5.51. The topological polar surface area (TPSA) is 25.8 Å². The average molecular weight is 214 g/mol. The van der Waals surface area contributed by atoms with Crippen molar-refractivity contribution in [3.63, 3.8) is 0 Å². The molecule has 2 nitrogen and oxygen atoms in total. The van der Waals surface area contributed by atoms with Crippen LogP contribution < -0.4 is 0 Å². The van der Waals surface area contributed by atoms with Crippen LogP contribution in [-0.4, -0.2) is 9.97 Å². The van der Waals surface area contributed by atoms with Crippen molar-refractivity contribution in [2.45, 2.75) is 26.2 Å². The van der Waals surface area contributed by atoms with Gasteiger partial charge in [-0.15, -0.1) is 0 Å². The van der Waals surface area contributed by atoms with Crippen LogP contribution in [0, 0.1) is 0 Å². The van der Waals surface area contributed by atoms with Crippen LogP contribution in [0.3, 0.4) is 0 Å². The second-order valence-electron chi connectivity index (χ2n) is 3.68. The summed E-state index contributed by atoms with van der Waals surface area (Å²) in [6.45, 7) is 11.7. The Kier molecular flexibility index (Phi) is 4.65. The second kappa shape index (κ2) is 6.01. The first kappa shape index (κ1) is 12.4. The van der Waals surface area contributed by atoms with Crippen molar-refractivity contribution in [1.82, 2.24) is 9.97 Å². The molecule has 1 atom stereocenters. The molecular weight excluding hydrogens is 196 g/mol. The molecule has 1 rings (SSSR count). The second-order valence-corrected chi connectivity index (χ2v) is 3.68. The quantitative estimate of drug-likeness (QED) is 0.696. The molecule has 0 aromatic carbocycles. The Balaban J connectivity index is 3.10. The lowest BCUT2D eigenvalue weighted by atomic mass is 10.1. The molecule has 0 saturated heterocycles. The molecule has 0 saturated carbocycles. The molecule has 0 spiro atoms. The zero-order valence-corrected chi connectivity index (χ0v) is 9.98. The molecule has 0 aliphatic carbocycles. The molecule has 1 heterocycles. The van der Waals surface area contributed by atoms with Gasteiger partial charge in [0.05, 0.1) is 5.69 Å². The molecular formula is C14H18N2. The van der Waals surface area contributed by atoms with Crippen molar-refractivity contribution in [3.05, 3.63) is 48.6 Å². The molecule has 0 N–H and O–H groups in total. The van der Waals surface area contributed by atoms with Gasteiger partial charge < -0.3 is 0 Å². The van der Waals surface area contributed by atoms with Gasteiger partial charge in [0, 0.05) is 17.7 Å². The van der Waals surface area contributed by atoms with Crippen LogP contribution in [-0.2, 0) is 0 Å². The van der Waals surface area contributed by atoms with Gasteiger partial charge in [-0.2, -0.15) is 0 Å². The third-order valence-electron chi connectivity index (χ3n) is 2.53. The van der Waals surface area contributed by atoms with E-state index < -0.39 is 0 Å². The summed E-state index contributed by atoms with van der Waals surface area (Å²) >= 11 is 0. The summed E-state index contributed by atoms with van der Waals surface area (Å²) < 4.78 is 0. The Bertz CT molecular complexity index is 405. The van der Waals surface area contributed by atoms with Crippen LogP contribution in [0.1, 0.15) is 43.3 Å². The third-order valence-corrected chi connectivity index (χ3v) is 2.53. The van der Waals surface area contributed by atoms with E-state index in [-0.39, 0.29) is 0 Å². The van der Waals surface area contributed by atoms with E-state index in [1.807, 2.05) is 18.3 Å². The Morgan fingerprint density at radius 2 is 2.19 bits per heavy atom. The summed E-state index contributed by atoms with van der Waals surface area (Å²) in [6.07, 6.45) is 10.2. The minimum Gasteiger partial charge on any atom is -0.240 e. The monoisotopic (exact) mass is 214 g/mol. The molecule has 16 heavy (non-hydrogen) atoms. The van der Waals surface area contributed by atoms with Gasteiger partial charge in [0.25, 0.3) is 0 Å². The van der Waals surface area contributed by atoms with Crippen LogP contribution in [0.25, 0.3) is 12.2 Å². The standard InChI is InChI=1S/C14H18N2/c1-5-8-9-12-10-15-14(11(4)6-2)16-13(12)7-3/h5,7-11H,1,3,6H2,2,4H3/b9-8-. The fourth-order valence-corrected chi connectivity index (χ4v) is 1.30. The third kappa shape index (κ3) is 2.89. The SMILES string of the molecule is C=C/C=C\c1cnc(C(C)CC)nc1C=C. The van der Waals surface area contributed by atoms with Crippen molar-refractivity contribution >= 4 is 12.2 Å². The summed E-state index contributed by atoms with van der Waals surface area (Å²) in [4.78, 5) is 8.87. The first-order chi connectivity index (χ1) is 7.72. The van der Waals surface area contributed by atoms with Gasteiger partial charge in [-0.3, -0.25) is 0 Å². The zero-order chi connectivity index (χ0) is 12.0.